The SMILES string of the molecule is CCOc1ccc(NS(=O)(=O)c2ccc(OCC(=O)Nc3ccc(CC(=O)N4CCCC4)cc3)cc2)cc1. The number of hydrogen-bond acceptors (Lipinski definition) is 6. The monoisotopic (exact) mass is 537 g/mol. The summed E-state index contributed by atoms with van der Waals surface area (Å²) in [6, 6.07) is 19.6. The van der Waals surface area contributed by atoms with E-state index in [0.717, 1.165) is 31.5 Å². The second kappa shape index (κ2) is 12.5. The van der Waals surface area contributed by atoms with Gasteiger partial charge in [-0.15, -0.1) is 0 Å². The van der Waals surface area contributed by atoms with E-state index in [9.17, 15) is 18.0 Å². The molecule has 2 N–H and O–H groups in total. The van der Waals surface area contributed by atoms with Crippen molar-refractivity contribution in [2.24, 2.45) is 0 Å². The summed E-state index contributed by atoms with van der Waals surface area (Å²) < 4.78 is 38.7. The van der Waals surface area contributed by atoms with Crippen LogP contribution in [0.1, 0.15) is 25.3 Å². The first-order valence-corrected chi connectivity index (χ1v) is 14.0. The summed E-state index contributed by atoms with van der Waals surface area (Å²) >= 11 is 0. The largest absolute Gasteiger partial charge is 0.494 e. The van der Waals surface area contributed by atoms with Gasteiger partial charge in [-0.05, 0) is 86.0 Å². The Balaban J connectivity index is 1.24. The fourth-order valence-corrected chi connectivity index (χ4v) is 5.08. The number of sulfonamides is 1. The minimum Gasteiger partial charge on any atom is -0.494 e. The number of benzene rings is 3. The first kappa shape index (κ1) is 27.0. The van der Waals surface area contributed by atoms with Gasteiger partial charge in [-0.25, -0.2) is 8.42 Å². The van der Waals surface area contributed by atoms with Gasteiger partial charge in [0, 0.05) is 24.5 Å². The van der Waals surface area contributed by atoms with E-state index >= 15 is 0 Å². The number of rotatable bonds is 11. The predicted octanol–water partition coefficient (Wildman–Crippen LogP) is 4.07. The smallest absolute Gasteiger partial charge is 0.262 e. The Bertz CT molecular complexity index is 1330. The summed E-state index contributed by atoms with van der Waals surface area (Å²) in [5.74, 6) is 0.775. The van der Waals surface area contributed by atoms with Crippen molar-refractivity contribution in [2.75, 3.05) is 36.3 Å². The maximum atomic E-state index is 12.7. The lowest BCUT2D eigenvalue weighted by molar-refractivity contribution is -0.129. The zero-order valence-electron chi connectivity index (χ0n) is 21.2. The molecular weight excluding hydrogens is 506 g/mol. The van der Waals surface area contributed by atoms with Crippen molar-refractivity contribution in [3.05, 3.63) is 78.4 Å². The molecule has 3 aromatic carbocycles. The predicted molar refractivity (Wildman–Crippen MR) is 145 cm³/mol. The average molecular weight is 538 g/mol. The maximum Gasteiger partial charge on any atom is 0.262 e. The lowest BCUT2D eigenvalue weighted by atomic mass is 10.1. The van der Waals surface area contributed by atoms with Crippen molar-refractivity contribution >= 4 is 33.2 Å². The molecule has 2 amide bonds. The van der Waals surface area contributed by atoms with Crippen molar-refractivity contribution in [1.82, 2.24) is 4.90 Å². The van der Waals surface area contributed by atoms with Crippen LogP contribution in [0.25, 0.3) is 0 Å². The molecule has 9 nitrogen and oxygen atoms in total. The molecule has 0 bridgehead atoms. The summed E-state index contributed by atoms with van der Waals surface area (Å²) in [5, 5.41) is 2.75. The van der Waals surface area contributed by atoms with Crippen LogP contribution in [-0.4, -0.2) is 51.4 Å². The molecule has 1 saturated heterocycles. The molecule has 1 aliphatic heterocycles. The zero-order valence-corrected chi connectivity index (χ0v) is 22.0. The maximum absolute atomic E-state index is 12.7. The molecule has 0 spiro atoms. The van der Waals surface area contributed by atoms with Crippen LogP contribution < -0.4 is 19.5 Å². The molecule has 0 atom stereocenters. The molecule has 1 fully saturated rings. The molecule has 10 heteroatoms. The number of ether oxygens (including phenoxy) is 2. The third-order valence-electron chi connectivity index (χ3n) is 5.97. The van der Waals surface area contributed by atoms with E-state index in [-0.39, 0.29) is 23.3 Å². The molecule has 0 unspecified atom stereocenters. The van der Waals surface area contributed by atoms with Crippen LogP contribution >= 0.6 is 0 Å². The topological polar surface area (TPSA) is 114 Å². The van der Waals surface area contributed by atoms with Gasteiger partial charge < -0.3 is 19.7 Å². The molecule has 0 saturated carbocycles. The molecule has 1 heterocycles. The Kier molecular flexibility index (Phi) is 8.85. The first-order chi connectivity index (χ1) is 18.3. The van der Waals surface area contributed by atoms with Gasteiger partial charge in [0.2, 0.25) is 5.91 Å². The second-order valence-electron chi connectivity index (χ2n) is 8.83. The van der Waals surface area contributed by atoms with Crippen LogP contribution in [0, 0.1) is 0 Å². The number of hydrogen-bond donors (Lipinski definition) is 2. The van der Waals surface area contributed by atoms with Crippen molar-refractivity contribution in [2.45, 2.75) is 31.1 Å². The Hall–Kier alpha value is -4.05. The third kappa shape index (κ3) is 7.48. The lowest BCUT2D eigenvalue weighted by Gasteiger charge is -2.15. The quantitative estimate of drug-likeness (QED) is 0.381. The number of carbonyl (C=O) groups is 2. The van der Waals surface area contributed by atoms with Crippen molar-refractivity contribution in [3.63, 3.8) is 0 Å². The fraction of sp³-hybridized carbons (Fsp3) is 0.286. The van der Waals surface area contributed by atoms with Gasteiger partial charge in [0.25, 0.3) is 15.9 Å². The Labute approximate surface area is 222 Å². The van der Waals surface area contributed by atoms with E-state index in [2.05, 4.69) is 10.0 Å². The van der Waals surface area contributed by atoms with Crippen LogP contribution in [0.15, 0.2) is 77.7 Å². The highest BCUT2D eigenvalue weighted by molar-refractivity contribution is 7.92. The molecule has 4 rings (SSSR count). The number of nitrogens with zero attached hydrogens (tertiary/aromatic N) is 1. The summed E-state index contributed by atoms with van der Waals surface area (Å²) in [7, 11) is -3.79. The van der Waals surface area contributed by atoms with E-state index in [0.29, 0.717) is 35.9 Å². The number of nitrogens with one attached hydrogen (secondary N) is 2. The summed E-state index contributed by atoms with van der Waals surface area (Å²) in [6.07, 6.45) is 2.46. The van der Waals surface area contributed by atoms with Gasteiger partial charge >= 0.3 is 0 Å². The molecule has 0 aromatic heterocycles. The number of likely N-dealkylation sites (tertiary alicyclic amines) is 1. The number of carbonyl (C=O) groups excluding carboxylic acids is 2. The number of amides is 2. The van der Waals surface area contributed by atoms with Gasteiger partial charge in [-0.1, -0.05) is 12.1 Å². The van der Waals surface area contributed by atoms with Crippen molar-refractivity contribution < 1.29 is 27.5 Å². The molecular formula is C28H31N3O6S. The van der Waals surface area contributed by atoms with E-state index in [4.69, 9.17) is 9.47 Å². The van der Waals surface area contributed by atoms with Crippen LogP contribution in [0.4, 0.5) is 11.4 Å². The normalized spacial score (nSPS) is 13.1. The highest BCUT2D eigenvalue weighted by atomic mass is 32.2. The fourth-order valence-electron chi connectivity index (χ4n) is 4.02. The van der Waals surface area contributed by atoms with Gasteiger partial charge in [0.05, 0.1) is 17.9 Å². The van der Waals surface area contributed by atoms with E-state index in [1.54, 1.807) is 36.4 Å². The van der Waals surface area contributed by atoms with Gasteiger partial charge in [-0.3, -0.25) is 14.3 Å². The van der Waals surface area contributed by atoms with Gasteiger partial charge in [0.15, 0.2) is 6.61 Å². The Morgan fingerprint density at radius 2 is 1.39 bits per heavy atom. The van der Waals surface area contributed by atoms with Crippen molar-refractivity contribution in [3.8, 4) is 11.5 Å². The van der Waals surface area contributed by atoms with Crippen LogP contribution in [0.2, 0.25) is 0 Å². The summed E-state index contributed by atoms with van der Waals surface area (Å²) in [4.78, 5) is 26.5. The lowest BCUT2D eigenvalue weighted by Crippen LogP contribution is -2.29. The standard InChI is InChI=1S/C28H31N3O6S/c1-2-36-24-11-9-23(10-12-24)30-38(34,35)26-15-13-25(14-16-26)37-20-27(32)29-22-7-5-21(6-8-22)19-28(33)31-17-3-4-18-31/h5-16,30H,2-4,17-20H2,1H3,(H,29,32). The number of anilines is 2. The zero-order chi connectivity index (χ0) is 27.0. The molecule has 38 heavy (non-hydrogen) atoms. The van der Waals surface area contributed by atoms with Gasteiger partial charge in [0.1, 0.15) is 11.5 Å². The third-order valence-corrected chi connectivity index (χ3v) is 7.37. The minimum absolute atomic E-state index is 0.0616. The minimum atomic E-state index is -3.79. The highest BCUT2D eigenvalue weighted by Crippen LogP contribution is 2.21. The molecule has 3 aromatic rings. The Morgan fingerprint density at radius 1 is 0.816 bits per heavy atom. The average Bonchev–Trinajstić information content (AvgIpc) is 3.46. The first-order valence-electron chi connectivity index (χ1n) is 12.5. The van der Waals surface area contributed by atoms with E-state index in [1.165, 1.54) is 24.3 Å². The summed E-state index contributed by atoms with van der Waals surface area (Å²) in [5.41, 5.74) is 1.90. The van der Waals surface area contributed by atoms with E-state index < -0.39 is 10.0 Å². The Morgan fingerprint density at radius 3 is 2.03 bits per heavy atom. The van der Waals surface area contributed by atoms with Crippen LogP contribution in [0.3, 0.4) is 0 Å². The van der Waals surface area contributed by atoms with E-state index in [1.807, 2.05) is 24.0 Å². The molecule has 1 aliphatic rings. The molecule has 0 aliphatic carbocycles. The van der Waals surface area contributed by atoms with Crippen LogP contribution in [-0.2, 0) is 26.0 Å². The molecule has 0 radical (unpaired) electrons. The van der Waals surface area contributed by atoms with Crippen molar-refractivity contribution in [1.29, 1.82) is 0 Å². The highest BCUT2D eigenvalue weighted by Gasteiger charge is 2.18. The summed E-state index contributed by atoms with van der Waals surface area (Å²) in [6.45, 7) is 3.80. The second-order valence-corrected chi connectivity index (χ2v) is 10.5. The van der Waals surface area contributed by atoms with Crippen LogP contribution in [0.5, 0.6) is 11.5 Å². The molecule has 200 valence electrons. The van der Waals surface area contributed by atoms with Gasteiger partial charge in [-0.2, -0.15) is 0 Å².